The van der Waals surface area contributed by atoms with Gasteiger partial charge in [-0.1, -0.05) is 68.9 Å². The maximum absolute atomic E-state index is 14.0. The van der Waals surface area contributed by atoms with Crippen LogP contribution >= 0.6 is 0 Å². The Kier molecular flexibility index (Phi) is 15.6. The van der Waals surface area contributed by atoms with Gasteiger partial charge in [-0.15, -0.1) is 0 Å². The lowest BCUT2D eigenvalue weighted by atomic mass is 9.93. The molecular formula is C33H50F4N4O3. The second-order valence-corrected chi connectivity index (χ2v) is 12.1. The molecule has 0 aliphatic heterocycles. The standard InChI is InChI=1S/C33H50F4N4O3/c1-4-5-6-7-8-12-26-13-9-14-27(26)41-22-11-20-33(39,29(36)37)31(43)44-30(42)32(38,28(34)35)19-10-21-40-24(3)25-17-15-23(2)16-18-25/h15-18,26,28-29H,4-14,19-22,38-39H2,1-3H3. The predicted molar refractivity (Wildman–Crippen MR) is 167 cm³/mol. The van der Waals surface area contributed by atoms with E-state index in [-0.39, 0.29) is 25.9 Å². The van der Waals surface area contributed by atoms with Crippen LogP contribution in [0.1, 0.15) is 108 Å². The minimum Gasteiger partial charge on any atom is -0.390 e. The van der Waals surface area contributed by atoms with Gasteiger partial charge in [-0.2, -0.15) is 0 Å². The second-order valence-electron chi connectivity index (χ2n) is 12.1. The van der Waals surface area contributed by atoms with Crippen molar-refractivity contribution in [1.82, 2.24) is 0 Å². The molecule has 4 N–H and O–H groups in total. The molecule has 0 spiro atoms. The summed E-state index contributed by atoms with van der Waals surface area (Å²) in [6, 6.07) is 7.58. The highest BCUT2D eigenvalue weighted by atomic mass is 19.3. The van der Waals surface area contributed by atoms with Crippen LogP contribution in [0.3, 0.4) is 0 Å². The van der Waals surface area contributed by atoms with E-state index in [1.807, 2.05) is 31.2 Å². The van der Waals surface area contributed by atoms with Gasteiger partial charge < -0.3 is 16.2 Å². The number of nitrogens with zero attached hydrogens (tertiary/aromatic N) is 2. The molecule has 0 amide bonds. The highest BCUT2D eigenvalue weighted by Crippen LogP contribution is 2.29. The van der Waals surface area contributed by atoms with Gasteiger partial charge in [0.05, 0.1) is 0 Å². The van der Waals surface area contributed by atoms with Crippen LogP contribution in [0.2, 0.25) is 0 Å². The van der Waals surface area contributed by atoms with E-state index in [0.717, 1.165) is 48.9 Å². The molecule has 0 heterocycles. The SMILES string of the molecule is CCCCCCCC1CCCC1=NCCCC(N)(C(=O)OC(=O)C(N)(CCCN=C(C)c1ccc(C)cc1)C(F)F)C(F)F. The van der Waals surface area contributed by atoms with E-state index in [9.17, 15) is 27.2 Å². The topological polar surface area (TPSA) is 120 Å². The van der Waals surface area contributed by atoms with Gasteiger partial charge in [-0.3, -0.25) is 9.98 Å². The van der Waals surface area contributed by atoms with Crippen molar-refractivity contribution >= 4 is 23.4 Å². The van der Waals surface area contributed by atoms with Crippen molar-refractivity contribution in [1.29, 1.82) is 0 Å². The lowest BCUT2D eigenvalue weighted by molar-refractivity contribution is -0.175. The molecule has 248 valence electrons. The summed E-state index contributed by atoms with van der Waals surface area (Å²) in [7, 11) is 0. The summed E-state index contributed by atoms with van der Waals surface area (Å²) in [5.74, 6) is -3.18. The number of carbonyl (C=O) groups excluding carboxylic acids is 2. The largest absolute Gasteiger partial charge is 0.390 e. The number of alkyl halides is 4. The van der Waals surface area contributed by atoms with Gasteiger partial charge in [0.15, 0.2) is 11.1 Å². The number of esters is 2. The lowest BCUT2D eigenvalue weighted by Gasteiger charge is -2.29. The minimum absolute atomic E-state index is 0.0317. The zero-order valence-electron chi connectivity index (χ0n) is 26.4. The van der Waals surface area contributed by atoms with Gasteiger partial charge in [0, 0.05) is 24.5 Å². The van der Waals surface area contributed by atoms with E-state index in [1.54, 1.807) is 6.92 Å². The molecule has 1 aliphatic carbocycles. The maximum Gasteiger partial charge on any atom is 0.339 e. The van der Waals surface area contributed by atoms with Gasteiger partial charge in [-0.05, 0) is 76.7 Å². The first-order valence-corrected chi connectivity index (χ1v) is 15.9. The monoisotopic (exact) mass is 626 g/mol. The van der Waals surface area contributed by atoms with Crippen LogP contribution in [0.15, 0.2) is 34.3 Å². The first-order chi connectivity index (χ1) is 20.8. The number of nitrogens with two attached hydrogens (primary N) is 2. The number of aryl methyl sites for hydroxylation is 1. The molecule has 2 rings (SSSR count). The smallest absolute Gasteiger partial charge is 0.339 e. The number of rotatable bonds is 19. The fraction of sp³-hybridized carbons (Fsp3) is 0.697. The van der Waals surface area contributed by atoms with Crippen molar-refractivity contribution in [2.24, 2.45) is 27.4 Å². The average molecular weight is 627 g/mol. The summed E-state index contributed by atoms with van der Waals surface area (Å²) in [4.78, 5) is 34.3. The Morgan fingerprint density at radius 1 is 0.909 bits per heavy atom. The van der Waals surface area contributed by atoms with E-state index in [0.29, 0.717) is 11.6 Å². The van der Waals surface area contributed by atoms with Gasteiger partial charge in [0.25, 0.3) is 12.9 Å². The van der Waals surface area contributed by atoms with E-state index in [2.05, 4.69) is 21.6 Å². The molecule has 1 aromatic carbocycles. The fourth-order valence-corrected chi connectivity index (χ4v) is 5.39. The van der Waals surface area contributed by atoms with Crippen molar-refractivity contribution in [3.8, 4) is 0 Å². The summed E-state index contributed by atoms with van der Waals surface area (Å²) < 4.78 is 60.3. The van der Waals surface area contributed by atoms with Crippen molar-refractivity contribution in [2.45, 2.75) is 128 Å². The summed E-state index contributed by atoms with van der Waals surface area (Å²) >= 11 is 0. The number of ether oxygens (including phenoxy) is 1. The molecule has 1 aromatic rings. The Morgan fingerprint density at radius 3 is 2.05 bits per heavy atom. The number of hydrogen-bond acceptors (Lipinski definition) is 7. The first-order valence-electron chi connectivity index (χ1n) is 15.9. The van der Waals surface area contributed by atoms with Crippen LogP contribution in [0.4, 0.5) is 17.6 Å². The Morgan fingerprint density at radius 2 is 1.48 bits per heavy atom. The van der Waals surface area contributed by atoms with E-state index < -0.39 is 48.7 Å². The summed E-state index contributed by atoms with van der Waals surface area (Å²) in [5.41, 5.74) is 9.34. The third kappa shape index (κ3) is 11.1. The summed E-state index contributed by atoms with van der Waals surface area (Å²) in [5, 5.41) is 0. The van der Waals surface area contributed by atoms with Crippen LogP contribution < -0.4 is 11.5 Å². The van der Waals surface area contributed by atoms with E-state index in [1.165, 1.54) is 25.7 Å². The van der Waals surface area contributed by atoms with Crippen LogP contribution in [0.25, 0.3) is 0 Å². The predicted octanol–water partition coefficient (Wildman–Crippen LogP) is 6.96. The molecule has 0 saturated heterocycles. The highest BCUT2D eigenvalue weighted by molar-refractivity contribution is 5.98. The average Bonchev–Trinajstić information content (AvgIpc) is 3.44. The Bertz CT molecular complexity index is 1110. The van der Waals surface area contributed by atoms with Gasteiger partial charge >= 0.3 is 11.9 Å². The molecular weight excluding hydrogens is 576 g/mol. The van der Waals surface area contributed by atoms with Crippen molar-refractivity contribution in [2.75, 3.05) is 13.1 Å². The van der Waals surface area contributed by atoms with Crippen molar-refractivity contribution in [3.05, 3.63) is 35.4 Å². The third-order valence-corrected chi connectivity index (χ3v) is 8.47. The summed E-state index contributed by atoms with van der Waals surface area (Å²) in [6.07, 6.45) is 2.03. The van der Waals surface area contributed by atoms with Gasteiger partial charge in [0.1, 0.15) is 0 Å². The summed E-state index contributed by atoms with van der Waals surface area (Å²) in [6.45, 7) is 6.14. The number of unbranched alkanes of at least 4 members (excludes halogenated alkanes) is 4. The number of halogens is 4. The number of benzene rings is 1. The van der Waals surface area contributed by atoms with Crippen LogP contribution in [-0.2, 0) is 14.3 Å². The molecule has 1 fully saturated rings. The quantitative estimate of drug-likeness (QED) is 0.0566. The molecule has 1 aliphatic rings. The first kappa shape index (κ1) is 37.5. The molecule has 3 atom stereocenters. The van der Waals surface area contributed by atoms with Gasteiger partial charge in [0.2, 0.25) is 0 Å². The van der Waals surface area contributed by atoms with Crippen LogP contribution in [0, 0.1) is 12.8 Å². The zero-order chi connectivity index (χ0) is 32.8. The molecule has 1 saturated carbocycles. The minimum atomic E-state index is -3.41. The van der Waals surface area contributed by atoms with Crippen molar-refractivity contribution < 1.29 is 31.9 Å². The van der Waals surface area contributed by atoms with Crippen LogP contribution in [0.5, 0.6) is 0 Å². The molecule has 7 nitrogen and oxygen atoms in total. The molecule has 0 radical (unpaired) electrons. The Hall–Kier alpha value is -2.66. The highest BCUT2D eigenvalue weighted by Gasteiger charge is 2.50. The van der Waals surface area contributed by atoms with E-state index >= 15 is 0 Å². The normalized spacial score (nSPS) is 19.4. The Balaban J connectivity index is 1.93. The number of carbonyl (C=O) groups is 2. The molecule has 11 heteroatoms. The molecule has 3 unspecified atom stereocenters. The lowest BCUT2D eigenvalue weighted by Crippen LogP contribution is -2.60. The molecule has 0 aromatic heterocycles. The Labute approximate surface area is 259 Å². The van der Waals surface area contributed by atoms with Gasteiger partial charge in [-0.25, -0.2) is 27.2 Å². The molecule has 0 bridgehead atoms. The number of aliphatic imine (C=N–C) groups is 2. The van der Waals surface area contributed by atoms with Crippen LogP contribution in [-0.4, -0.2) is 60.4 Å². The number of hydrogen-bond donors (Lipinski definition) is 2. The van der Waals surface area contributed by atoms with E-state index in [4.69, 9.17) is 11.5 Å². The molecule has 44 heavy (non-hydrogen) atoms. The maximum atomic E-state index is 14.0. The van der Waals surface area contributed by atoms with Crippen molar-refractivity contribution in [3.63, 3.8) is 0 Å². The third-order valence-electron chi connectivity index (χ3n) is 8.47. The second kappa shape index (κ2) is 18.3. The zero-order valence-corrected chi connectivity index (χ0v) is 26.4. The fourth-order valence-electron chi connectivity index (χ4n) is 5.39.